The number of benzene rings is 1. The fraction of sp³-hybridized carbons (Fsp3) is 0.588. The van der Waals surface area contributed by atoms with E-state index in [4.69, 9.17) is 10.5 Å². The van der Waals surface area contributed by atoms with E-state index in [9.17, 15) is 4.79 Å². The Morgan fingerprint density at radius 1 is 1.43 bits per heavy atom. The molecule has 0 heterocycles. The van der Waals surface area contributed by atoms with Crippen molar-refractivity contribution in [2.75, 3.05) is 26.0 Å². The highest BCUT2D eigenvalue weighted by Crippen LogP contribution is 2.35. The number of anilines is 1. The maximum atomic E-state index is 12.5. The van der Waals surface area contributed by atoms with Gasteiger partial charge in [-0.25, -0.2) is 0 Å². The SMILES string of the molecule is COCCN(C(=O)CCc1ccccc1N)C(C)C1CC1. The summed E-state index contributed by atoms with van der Waals surface area (Å²) in [6.07, 6.45) is 3.69. The molecule has 21 heavy (non-hydrogen) atoms. The van der Waals surface area contributed by atoms with Gasteiger partial charge in [0.1, 0.15) is 0 Å². The fourth-order valence-electron chi connectivity index (χ4n) is 2.73. The van der Waals surface area contributed by atoms with Crippen molar-refractivity contribution in [2.24, 2.45) is 5.92 Å². The molecule has 0 spiro atoms. The first-order chi connectivity index (χ1) is 10.1. The van der Waals surface area contributed by atoms with Gasteiger partial charge in [-0.05, 0) is 43.7 Å². The van der Waals surface area contributed by atoms with Gasteiger partial charge in [-0.3, -0.25) is 4.79 Å². The molecule has 0 radical (unpaired) electrons. The average Bonchev–Trinajstić information content (AvgIpc) is 3.31. The van der Waals surface area contributed by atoms with Crippen LogP contribution in [0.3, 0.4) is 0 Å². The number of ether oxygens (including phenoxy) is 1. The number of carbonyl (C=O) groups is 1. The van der Waals surface area contributed by atoms with Crippen LogP contribution in [0.2, 0.25) is 0 Å². The molecule has 116 valence electrons. The van der Waals surface area contributed by atoms with Gasteiger partial charge in [-0.2, -0.15) is 0 Å². The minimum absolute atomic E-state index is 0.203. The Labute approximate surface area is 127 Å². The van der Waals surface area contributed by atoms with Gasteiger partial charge in [0, 0.05) is 31.8 Å². The molecule has 0 bridgehead atoms. The molecule has 4 nitrogen and oxygen atoms in total. The zero-order valence-electron chi connectivity index (χ0n) is 13.0. The average molecular weight is 290 g/mol. The quantitative estimate of drug-likeness (QED) is 0.748. The molecule has 1 amide bonds. The number of amides is 1. The Morgan fingerprint density at radius 2 is 2.14 bits per heavy atom. The van der Waals surface area contributed by atoms with Gasteiger partial charge in [-0.15, -0.1) is 0 Å². The summed E-state index contributed by atoms with van der Waals surface area (Å²) in [6.45, 7) is 3.43. The van der Waals surface area contributed by atoms with Crippen LogP contribution < -0.4 is 5.73 Å². The van der Waals surface area contributed by atoms with Crippen molar-refractivity contribution in [1.29, 1.82) is 0 Å². The van der Waals surface area contributed by atoms with Gasteiger partial charge in [0.25, 0.3) is 0 Å². The second kappa shape index (κ2) is 7.46. The van der Waals surface area contributed by atoms with Crippen LogP contribution in [-0.2, 0) is 16.0 Å². The molecule has 0 saturated heterocycles. The molecule has 1 aliphatic carbocycles. The van der Waals surface area contributed by atoms with Gasteiger partial charge in [-0.1, -0.05) is 18.2 Å². The smallest absolute Gasteiger partial charge is 0.223 e. The number of carbonyl (C=O) groups excluding carboxylic acids is 1. The van der Waals surface area contributed by atoms with Crippen molar-refractivity contribution < 1.29 is 9.53 Å². The van der Waals surface area contributed by atoms with Crippen molar-refractivity contribution in [1.82, 2.24) is 4.90 Å². The number of aryl methyl sites for hydroxylation is 1. The molecule has 1 aromatic carbocycles. The Hall–Kier alpha value is -1.55. The van der Waals surface area contributed by atoms with E-state index < -0.39 is 0 Å². The van der Waals surface area contributed by atoms with E-state index >= 15 is 0 Å². The van der Waals surface area contributed by atoms with Crippen LogP contribution in [0.5, 0.6) is 0 Å². The minimum Gasteiger partial charge on any atom is -0.399 e. The molecule has 1 aliphatic rings. The number of nitrogens with zero attached hydrogens (tertiary/aromatic N) is 1. The van der Waals surface area contributed by atoms with E-state index in [0.717, 1.165) is 11.3 Å². The van der Waals surface area contributed by atoms with Crippen molar-refractivity contribution in [2.45, 2.75) is 38.6 Å². The number of rotatable bonds is 8. The summed E-state index contributed by atoms with van der Waals surface area (Å²) in [5.74, 6) is 0.877. The Bertz CT molecular complexity index is 472. The van der Waals surface area contributed by atoms with Crippen molar-refractivity contribution in [3.8, 4) is 0 Å². The van der Waals surface area contributed by atoms with Gasteiger partial charge in [0.05, 0.1) is 6.61 Å². The second-order valence-corrected chi connectivity index (χ2v) is 5.86. The van der Waals surface area contributed by atoms with Crippen LogP contribution in [-0.4, -0.2) is 37.1 Å². The van der Waals surface area contributed by atoms with Crippen LogP contribution in [0.25, 0.3) is 0 Å². The molecule has 1 saturated carbocycles. The highest BCUT2D eigenvalue weighted by atomic mass is 16.5. The maximum absolute atomic E-state index is 12.5. The van der Waals surface area contributed by atoms with E-state index in [2.05, 4.69) is 6.92 Å². The van der Waals surface area contributed by atoms with Crippen LogP contribution in [0, 0.1) is 5.92 Å². The molecule has 0 aromatic heterocycles. The summed E-state index contributed by atoms with van der Waals surface area (Å²) in [5, 5.41) is 0. The minimum atomic E-state index is 0.203. The summed E-state index contributed by atoms with van der Waals surface area (Å²) in [4.78, 5) is 14.5. The van der Waals surface area contributed by atoms with E-state index in [0.29, 0.717) is 38.0 Å². The number of nitrogens with two attached hydrogens (primary N) is 1. The Balaban J connectivity index is 1.92. The van der Waals surface area contributed by atoms with Gasteiger partial charge >= 0.3 is 0 Å². The van der Waals surface area contributed by atoms with Gasteiger partial charge in [0.15, 0.2) is 0 Å². The predicted molar refractivity (Wildman–Crippen MR) is 85.0 cm³/mol. The number of para-hydroxylation sites is 1. The summed E-state index contributed by atoms with van der Waals surface area (Å²) in [7, 11) is 1.68. The lowest BCUT2D eigenvalue weighted by atomic mass is 10.1. The standard InChI is InChI=1S/C17H26N2O2/c1-13(14-7-8-14)19(11-12-21-2)17(20)10-9-15-5-3-4-6-16(15)18/h3-6,13-14H,7-12,18H2,1-2H3. The van der Waals surface area contributed by atoms with Crippen molar-refractivity contribution in [3.63, 3.8) is 0 Å². The third kappa shape index (κ3) is 4.46. The third-order valence-electron chi connectivity index (χ3n) is 4.32. The molecule has 2 rings (SSSR count). The largest absolute Gasteiger partial charge is 0.399 e. The van der Waals surface area contributed by atoms with Gasteiger partial charge in [0.2, 0.25) is 5.91 Å². The first-order valence-electron chi connectivity index (χ1n) is 7.75. The lowest BCUT2D eigenvalue weighted by Gasteiger charge is -2.29. The molecule has 1 aromatic rings. The van der Waals surface area contributed by atoms with Crippen molar-refractivity contribution in [3.05, 3.63) is 29.8 Å². The van der Waals surface area contributed by atoms with Crippen molar-refractivity contribution >= 4 is 11.6 Å². The van der Waals surface area contributed by atoms with E-state index in [-0.39, 0.29) is 5.91 Å². The second-order valence-electron chi connectivity index (χ2n) is 5.86. The number of hydrogen-bond donors (Lipinski definition) is 1. The monoisotopic (exact) mass is 290 g/mol. The van der Waals surface area contributed by atoms with Crippen LogP contribution >= 0.6 is 0 Å². The lowest BCUT2D eigenvalue weighted by molar-refractivity contribution is -0.134. The molecule has 0 aliphatic heterocycles. The van der Waals surface area contributed by atoms with Crippen LogP contribution in [0.1, 0.15) is 31.7 Å². The highest BCUT2D eigenvalue weighted by Gasteiger charge is 2.33. The number of nitrogen functional groups attached to an aromatic ring is 1. The summed E-state index contributed by atoms with van der Waals surface area (Å²) in [6, 6.07) is 8.08. The van der Waals surface area contributed by atoms with E-state index in [1.165, 1.54) is 12.8 Å². The van der Waals surface area contributed by atoms with Gasteiger partial charge < -0.3 is 15.4 Å². The van der Waals surface area contributed by atoms with Crippen LogP contribution in [0.4, 0.5) is 5.69 Å². The molecule has 2 N–H and O–H groups in total. The molecular formula is C17H26N2O2. The normalized spacial score (nSPS) is 15.7. The molecule has 1 fully saturated rings. The third-order valence-corrected chi connectivity index (χ3v) is 4.32. The van der Waals surface area contributed by atoms with E-state index in [1.54, 1.807) is 7.11 Å². The zero-order valence-corrected chi connectivity index (χ0v) is 13.0. The molecule has 1 unspecified atom stereocenters. The summed E-state index contributed by atoms with van der Waals surface area (Å²) >= 11 is 0. The lowest BCUT2D eigenvalue weighted by Crippen LogP contribution is -2.42. The molecular weight excluding hydrogens is 264 g/mol. The first kappa shape index (κ1) is 15.8. The van der Waals surface area contributed by atoms with E-state index in [1.807, 2.05) is 29.2 Å². The number of methoxy groups -OCH3 is 1. The maximum Gasteiger partial charge on any atom is 0.223 e. The fourth-order valence-corrected chi connectivity index (χ4v) is 2.73. The predicted octanol–water partition coefficient (Wildman–Crippen LogP) is 2.47. The Morgan fingerprint density at radius 3 is 2.76 bits per heavy atom. The first-order valence-corrected chi connectivity index (χ1v) is 7.75. The molecule has 1 atom stereocenters. The Kier molecular flexibility index (Phi) is 5.62. The molecule has 4 heteroatoms. The summed E-state index contributed by atoms with van der Waals surface area (Å²) < 4.78 is 5.14. The summed E-state index contributed by atoms with van der Waals surface area (Å²) in [5.41, 5.74) is 7.76. The topological polar surface area (TPSA) is 55.6 Å². The van der Waals surface area contributed by atoms with Crippen LogP contribution in [0.15, 0.2) is 24.3 Å². The highest BCUT2D eigenvalue weighted by molar-refractivity contribution is 5.77. The zero-order chi connectivity index (χ0) is 15.2. The number of hydrogen-bond acceptors (Lipinski definition) is 3.